The predicted molar refractivity (Wildman–Crippen MR) is 48.2 cm³/mol. The second-order valence-corrected chi connectivity index (χ2v) is 3.71. The van der Waals surface area contributed by atoms with E-state index in [4.69, 9.17) is 9.47 Å². The van der Waals surface area contributed by atoms with Gasteiger partial charge in [0.05, 0.1) is 18.3 Å². The molecular weight excluding hydrogens is 156 g/mol. The normalized spacial score (nSPS) is 15.2. The summed E-state index contributed by atoms with van der Waals surface area (Å²) in [7, 11) is 1.58. The average Bonchev–Trinajstić information content (AvgIpc) is 2.00. The van der Waals surface area contributed by atoms with Crippen LogP contribution in [0, 0.1) is 0 Å². The number of rotatable bonds is 5. The molecule has 0 spiro atoms. The highest BCUT2D eigenvalue weighted by molar-refractivity contribution is 4.77. The number of aliphatic hydroxyl groups is 1. The van der Waals surface area contributed by atoms with Crippen molar-refractivity contribution in [1.29, 1.82) is 0 Å². The molecule has 1 atom stereocenters. The minimum absolute atomic E-state index is 0.146. The Morgan fingerprint density at radius 1 is 1.33 bits per heavy atom. The van der Waals surface area contributed by atoms with Crippen molar-refractivity contribution in [2.45, 2.75) is 45.5 Å². The standard InChI is InChI=1S/C9H20O3/c1-7(2)12-6-8(10)9(3,4)11-5/h7-8,10H,6H2,1-5H3. The first kappa shape index (κ1) is 11.9. The lowest BCUT2D eigenvalue weighted by Gasteiger charge is -2.29. The zero-order chi connectivity index (χ0) is 9.78. The van der Waals surface area contributed by atoms with E-state index in [-0.39, 0.29) is 6.10 Å². The van der Waals surface area contributed by atoms with Crippen LogP contribution >= 0.6 is 0 Å². The van der Waals surface area contributed by atoms with E-state index in [1.807, 2.05) is 27.7 Å². The zero-order valence-corrected chi connectivity index (χ0v) is 8.63. The summed E-state index contributed by atoms with van der Waals surface area (Å²) in [5, 5.41) is 9.58. The highest BCUT2D eigenvalue weighted by atomic mass is 16.5. The summed E-state index contributed by atoms with van der Waals surface area (Å²) in [6.07, 6.45) is -0.433. The monoisotopic (exact) mass is 176 g/mol. The third-order valence-corrected chi connectivity index (χ3v) is 1.92. The van der Waals surface area contributed by atoms with Crippen LogP contribution in [0.3, 0.4) is 0 Å². The Morgan fingerprint density at radius 2 is 1.83 bits per heavy atom. The van der Waals surface area contributed by atoms with Gasteiger partial charge in [0.2, 0.25) is 0 Å². The first-order valence-electron chi connectivity index (χ1n) is 4.25. The van der Waals surface area contributed by atoms with Gasteiger partial charge in [0.1, 0.15) is 6.10 Å². The molecule has 1 unspecified atom stereocenters. The molecule has 74 valence electrons. The van der Waals surface area contributed by atoms with Crippen molar-refractivity contribution in [1.82, 2.24) is 0 Å². The van der Waals surface area contributed by atoms with Crippen molar-refractivity contribution in [3.05, 3.63) is 0 Å². The fraction of sp³-hybridized carbons (Fsp3) is 1.00. The molecule has 0 aliphatic rings. The van der Waals surface area contributed by atoms with Gasteiger partial charge in [-0.3, -0.25) is 0 Å². The maximum absolute atomic E-state index is 9.58. The summed E-state index contributed by atoms with van der Waals surface area (Å²) in [4.78, 5) is 0. The summed E-state index contributed by atoms with van der Waals surface area (Å²) in [5.41, 5.74) is -0.533. The third-order valence-electron chi connectivity index (χ3n) is 1.92. The third kappa shape index (κ3) is 4.04. The molecule has 0 aromatic carbocycles. The van der Waals surface area contributed by atoms with Crippen LogP contribution in [0.2, 0.25) is 0 Å². The first-order valence-corrected chi connectivity index (χ1v) is 4.25. The maximum atomic E-state index is 9.58. The molecule has 0 rings (SSSR count). The van der Waals surface area contributed by atoms with E-state index >= 15 is 0 Å². The Kier molecular flexibility index (Phi) is 4.75. The lowest BCUT2D eigenvalue weighted by Crippen LogP contribution is -2.41. The van der Waals surface area contributed by atoms with E-state index in [9.17, 15) is 5.11 Å². The van der Waals surface area contributed by atoms with E-state index in [0.29, 0.717) is 6.61 Å². The highest BCUT2D eigenvalue weighted by Crippen LogP contribution is 2.14. The molecule has 1 N–H and O–H groups in total. The lowest BCUT2D eigenvalue weighted by molar-refractivity contribution is -0.114. The molecule has 0 saturated heterocycles. The minimum Gasteiger partial charge on any atom is -0.388 e. The number of aliphatic hydroxyl groups excluding tert-OH is 1. The summed E-state index contributed by atoms with van der Waals surface area (Å²) in [5.74, 6) is 0. The van der Waals surface area contributed by atoms with E-state index in [1.54, 1.807) is 7.11 Å². The number of methoxy groups -OCH3 is 1. The fourth-order valence-corrected chi connectivity index (χ4v) is 0.620. The van der Waals surface area contributed by atoms with Gasteiger partial charge in [-0.2, -0.15) is 0 Å². The van der Waals surface area contributed by atoms with E-state index in [2.05, 4.69) is 0 Å². The topological polar surface area (TPSA) is 38.7 Å². The van der Waals surface area contributed by atoms with E-state index < -0.39 is 11.7 Å². The van der Waals surface area contributed by atoms with E-state index in [1.165, 1.54) is 0 Å². The Balaban J connectivity index is 3.78. The zero-order valence-electron chi connectivity index (χ0n) is 8.63. The van der Waals surface area contributed by atoms with Crippen molar-refractivity contribution < 1.29 is 14.6 Å². The SMILES string of the molecule is COC(C)(C)C(O)COC(C)C. The molecule has 0 bridgehead atoms. The minimum atomic E-state index is -0.579. The van der Waals surface area contributed by atoms with Crippen molar-refractivity contribution in [2.24, 2.45) is 0 Å². The largest absolute Gasteiger partial charge is 0.388 e. The Hall–Kier alpha value is -0.120. The molecule has 0 heterocycles. The van der Waals surface area contributed by atoms with Crippen molar-refractivity contribution in [2.75, 3.05) is 13.7 Å². The lowest BCUT2D eigenvalue weighted by atomic mass is 10.0. The molecule has 0 aliphatic carbocycles. The van der Waals surface area contributed by atoms with Gasteiger partial charge in [0, 0.05) is 7.11 Å². The molecular formula is C9H20O3. The fourth-order valence-electron chi connectivity index (χ4n) is 0.620. The number of hydrogen-bond donors (Lipinski definition) is 1. The summed E-state index contributed by atoms with van der Waals surface area (Å²) < 4.78 is 10.4. The van der Waals surface area contributed by atoms with Gasteiger partial charge in [-0.25, -0.2) is 0 Å². The van der Waals surface area contributed by atoms with Gasteiger partial charge in [0.25, 0.3) is 0 Å². The number of ether oxygens (including phenoxy) is 2. The highest BCUT2D eigenvalue weighted by Gasteiger charge is 2.27. The Bertz CT molecular complexity index is 121. The van der Waals surface area contributed by atoms with Crippen LogP contribution in [0.15, 0.2) is 0 Å². The first-order chi connectivity index (χ1) is 5.40. The van der Waals surface area contributed by atoms with Gasteiger partial charge < -0.3 is 14.6 Å². The second-order valence-electron chi connectivity index (χ2n) is 3.71. The summed E-state index contributed by atoms with van der Waals surface area (Å²) >= 11 is 0. The molecule has 3 heteroatoms. The molecule has 0 fully saturated rings. The van der Waals surface area contributed by atoms with E-state index in [0.717, 1.165) is 0 Å². The van der Waals surface area contributed by atoms with Crippen LogP contribution < -0.4 is 0 Å². The molecule has 0 aliphatic heterocycles. The number of hydrogen-bond acceptors (Lipinski definition) is 3. The molecule has 0 saturated carbocycles. The van der Waals surface area contributed by atoms with Crippen LogP contribution in [-0.2, 0) is 9.47 Å². The molecule has 0 aromatic heterocycles. The summed E-state index contributed by atoms with van der Waals surface area (Å²) in [6, 6.07) is 0. The smallest absolute Gasteiger partial charge is 0.106 e. The molecule has 0 aromatic rings. The van der Waals surface area contributed by atoms with Crippen LogP contribution in [-0.4, -0.2) is 36.6 Å². The molecule has 0 radical (unpaired) electrons. The quantitative estimate of drug-likeness (QED) is 0.684. The molecule has 0 amide bonds. The van der Waals surface area contributed by atoms with Crippen molar-refractivity contribution in [3.8, 4) is 0 Å². The van der Waals surface area contributed by atoms with Gasteiger partial charge in [0.15, 0.2) is 0 Å². The molecule has 3 nitrogen and oxygen atoms in total. The Morgan fingerprint density at radius 3 is 2.17 bits per heavy atom. The van der Waals surface area contributed by atoms with Crippen LogP contribution in [0.5, 0.6) is 0 Å². The van der Waals surface area contributed by atoms with Gasteiger partial charge in [-0.15, -0.1) is 0 Å². The maximum Gasteiger partial charge on any atom is 0.106 e. The average molecular weight is 176 g/mol. The predicted octanol–water partition coefficient (Wildman–Crippen LogP) is 1.20. The van der Waals surface area contributed by atoms with Crippen LogP contribution in [0.25, 0.3) is 0 Å². The van der Waals surface area contributed by atoms with Crippen LogP contribution in [0.4, 0.5) is 0 Å². The van der Waals surface area contributed by atoms with Gasteiger partial charge in [-0.05, 0) is 27.7 Å². The van der Waals surface area contributed by atoms with Crippen molar-refractivity contribution in [3.63, 3.8) is 0 Å². The Labute approximate surface area is 74.7 Å². The molecule has 12 heavy (non-hydrogen) atoms. The van der Waals surface area contributed by atoms with Gasteiger partial charge >= 0.3 is 0 Å². The van der Waals surface area contributed by atoms with Crippen molar-refractivity contribution >= 4 is 0 Å². The van der Waals surface area contributed by atoms with Crippen LogP contribution in [0.1, 0.15) is 27.7 Å². The van der Waals surface area contributed by atoms with Gasteiger partial charge in [-0.1, -0.05) is 0 Å². The summed E-state index contributed by atoms with van der Waals surface area (Å²) in [6.45, 7) is 7.86. The second kappa shape index (κ2) is 4.80.